The third-order valence-electron chi connectivity index (χ3n) is 7.72. The van der Waals surface area contributed by atoms with Gasteiger partial charge in [-0.15, -0.1) is 0 Å². The number of carbonyl (C=O) groups excluding carboxylic acids is 1. The van der Waals surface area contributed by atoms with Gasteiger partial charge >= 0.3 is 5.97 Å². The molecule has 3 unspecified atom stereocenters. The first-order valence-electron chi connectivity index (χ1n) is 11.5. The SMILES string of the molecule is CN(C)C12CC(OC(=O)c3ccncc3)C(C(c3ccccc3)C1)C(c1ccccc1)C2. The number of ether oxygens (including phenoxy) is 1. The molecule has 4 nitrogen and oxygen atoms in total. The molecule has 32 heavy (non-hydrogen) atoms. The fourth-order valence-corrected chi connectivity index (χ4v) is 6.09. The lowest BCUT2D eigenvalue weighted by Gasteiger charge is -2.60. The number of carbonyl (C=O) groups is 1. The zero-order valence-electron chi connectivity index (χ0n) is 18.7. The Hall–Kier alpha value is -2.98. The van der Waals surface area contributed by atoms with Crippen molar-refractivity contribution in [2.24, 2.45) is 5.92 Å². The number of hydrogen-bond donors (Lipinski definition) is 0. The highest BCUT2D eigenvalue weighted by Crippen LogP contribution is 2.60. The van der Waals surface area contributed by atoms with Gasteiger partial charge in [0.15, 0.2) is 0 Å². The Labute approximate surface area is 190 Å². The standard InChI is InChI=1S/C28H30N2O2/c1-30(2)28-17-23(20-9-5-3-6-10-20)26(24(18-28)21-11-7-4-8-12-21)25(19-28)32-27(31)22-13-15-29-16-14-22/h3-16,23-26H,17-19H2,1-2H3. The average molecular weight is 427 g/mol. The maximum Gasteiger partial charge on any atom is 0.338 e. The van der Waals surface area contributed by atoms with E-state index >= 15 is 0 Å². The van der Waals surface area contributed by atoms with Gasteiger partial charge < -0.3 is 9.64 Å². The van der Waals surface area contributed by atoms with Crippen molar-refractivity contribution in [1.29, 1.82) is 0 Å². The van der Waals surface area contributed by atoms with Crippen LogP contribution in [0.4, 0.5) is 0 Å². The summed E-state index contributed by atoms with van der Waals surface area (Å²) in [5, 5.41) is 0. The molecule has 0 amide bonds. The van der Waals surface area contributed by atoms with Crippen molar-refractivity contribution in [3.05, 3.63) is 102 Å². The molecular weight excluding hydrogens is 396 g/mol. The normalized spacial score (nSPS) is 29.1. The summed E-state index contributed by atoms with van der Waals surface area (Å²) < 4.78 is 6.30. The molecule has 3 atom stereocenters. The van der Waals surface area contributed by atoms with E-state index in [4.69, 9.17) is 4.74 Å². The highest BCUT2D eigenvalue weighted by molar-refractivity contribution is 5.89. The van der Waals surface area contributed by atoms with Crippen molar-refractivity contribution < 1.29 is 9.53 Å². The van der Waals surface area contributed by atoms with Gasteiger partial charge in [-0.1, -0.05) is 60.7 Å². The van der Waals surface area contributed by atoms with E-state index in [1.54, 1.807) is 24.5 Å². The number of nitrogens with zero attached hydrogens (tertiary/aromatic N) is 2. The zero-order valence-corrected chi connectivity index (χ0v) is 18.7. The minimum atomic E-state index is -0.252. The van der Waals surface area contributed by atoms with Gasteiger partial charge in [-0.05, 0) is 62.0 Å². The lowest BCUT2D eigenvalue weighted by molar-refractivity contribution is -0.0986. The van der Waals surface area contributed by atoms with Crippen molar-refractivity contribution >= 4 is 5.97 Å². The van der Waals surface area contributed by atoms with Gasteiger partial charge in [-0.2, -0.15) is 0 Å². The first-order valence-corrected chi connectivity index (χ1v) is 11.5. The number of pyridine rings is 1. The second-order valence-electron chi connectivity index (χ2n) is 9.52. The van der Waals surface area contributed by atoms with Crippen molar-refractivity contribution in [3.63, 3.8) is 0 Å². The summed E-state index contributed by atoms with van der Waals surface area (Å²) in [5.74, 6) is 0.660. The maximum atomic E-state index is 13.1. The first-order chi connectivity index (χ1) is 15.6. The van der Waals surface area contributed by atoms with Crippen LogP contribution in [0.15, 0.2) is 85.2 Å². The van der Waals surface area contributed by atoms with Crippen LogP contribution >= 0.6 is 0 Å². The molecule has 3 saturated carbocycles. The van der Waals surface area contributed by atoms with E-state index in [-0.39, 0.29) is 23.5 Å². The van der Waals surface area contributed by atoms with Crippen LogP contribution in [0.2, 0.25) is 0 Å². The molecule has 4 heteroatoms. The monoisotopic (exact) mass is 426 g/mol. The minimum absolute atomic E-state index is 0.0149. The summed E-state index contributed by atoms with van der Waals surface area (Å²) in [4.78, 5) is 19.5. The van der Waals surface area contributed by atoms with E-state index in [1.165, 1.54) is 11.1 Å². The second-order valence-corrected chi connectivity index (χ2v) is 9.52. The summed E-state index contributed by atoms with van der Waals surface area (Å²) in [5.41, 5.74) is 3.23. The summed E-state index contributed by atoms with van der Waals surface area (Å²) in [6.07, 6.45) is 6.18. The number of hydrogen-bond acceptors (Lipinski definition) is 4. The van der Waals surface area contributed by atoms with E-state index in [0.717, 1.165) is 19.3 Å². The number of aromatic nitrogens is 1. The highest BCUT2D eigenvalue weighted by Gasteiger charge is 2.58. The molecule has 1 aromatic heterocycles. The fourth-order valence-electron chi connectivity index (χ4n) is 6.09. The molecule has 2 bridgehead atoms. The summed E-state index contributed by atoms with van der Waals surface area (Å²) in [6, 6.07) is 25.0. The molecule has 0 saturated heterocycles. The predicted octanol–water partition coefficient (Wildman–Crippen LogP) is 5.29. The van der Waals surface area contributed by atoms with Gasteiger partial charge in [0.2, 0.25) is 0 Å². The minimum Gasteiger partial charge on any atom is -0.458 e. The molecular formula is C28H30N2O2. The van der Waals surface area contributed by atoms with Gasteiger partial charge in [0.25, 0.3) is 0 Å². The Kier molecular flexibility index (Phi) is 5.56. The van der Waals surface area contributed by atoms with Crippen molar-refractivity contribution in [1.82, 2.24) is 9.88 Å². The first kappa shape index (κ1) is 20.9. The fraction of sp³-hybridized carbons (Fsp3) is 0.357. The van der Waals surface area contributed by atoms with E-state index < -0.39 is 0 Å². The molecule has 2 aromatic carbocycles. The molecule has 0 radical (unpaired) electrons. The number of rotatable bonds is 5. The lowest BCUT2D eigenvalue weighted by atomic mass is 9.52. The van der Waals surface area contributed by atoms with Gasteiger partial charge in [-0.25, -0.2) is 4.79 Å². The molecule has 6 rings (SSSR count). The molecule has 164 valence electrons. The predicted molar refractivity (Wildman–Crippen MR) is 126 cm³/mol. The summed E-state index contributed by atoms with van der Waals surface area (Å²) in [6.45, 7) is 0. The highest BCUT2D eigenvalue weighted by atomic mass is 16.5. The number of benzene rings is 2. The van der Waals surface area contributed by atoms with E-state index in [2.05, 4.69) is 84.6 Å². The van der Waals surface area contributed by atoms with E-state index in [1.807, 2.05) is 0 Å². The smallest absolute Gasteiger partial charge is 0.338 e. The molecule has 3 aromatic rings. The van der Waals surface area contributed by atoms with Crippen LogP contribution in [0.5, 0.6) is 0 Å². The molecule has 3 aliphatic rings. The summed E-state index contributed by atoms with van der Waals surface area (Å²) in [7, 11) is 4.36. The molecule has 3 fully saturated rings. The Morgan fingerprint density at radius 1 is 0.844 bits per heavy atom. The van der Waals surface area contributed by atoms with Crippen LogP contribution in [0.3, 0.4) is 0 Å². The van der Waals surface area contributed by atoms with E-state index in [0.29, 0.717) is 17.4 Å². The zero-order chi connectivity index (χ0) is 22.1. The molecule has 0 aliphatic heterocycles. The average Bonchev–Trinajstić information content (AvgIpc) is 2.85. The van der Waals surface area contributed by atoms with Crippen LogP contribution in [0.1, 0.15) is 52.6 Å². The Bertz CT molecular complexity index is 1000. The van der Waals surface area contributed by atoms with Crippen molar-refractivity contribution in [2.75, 3.05) is 14.1 Å². The van der Waals surface area contributed by atoms with Crippen LogP contribution in [-0.4, -0.2) is 41.6 Å². The maximum absolute atomic E-state index is 13.1. The largest absolute Gasteiger partial charge is 0.458 e. The summed E-state index contributed by atoms with van der Waals surface area (Å²) >= 11 is 0. The molecule has 1 heterocycles. The Morgan fingerprint density at radius 2 is 1.38 bits per heavy atom. The van der Waals surface area contributed by atoms with Crippen LogP contribution in [0.25, 0.3) is 0 Å². The molecule has 0 N–H and O–H groups in total. The van der Waals surface area contributed by atoms with Gasteiger partial charge in [0.05, 0.1) is 5.56 Å². The van der Waals surface area contributed by atoms with E-state index in [9.17, 15) is 4.79 Å². The van der Waals surface area contributed by atoms with Crippen molar-refractivity contribution in [3.8, 4) is 0 Å². The number of fused-ring (bicyclic) bond motifs is 3. The third-order valence-corrected chi connectivity index (χ3v) is 7.72. The molecule has 0 spiro atoms. The van der Waals surface area contributed by atoms with Gasteiger partial charge in [-0.3, -0.25) is 4.98 Å². The quantitative estimate of drug-likeness (QED) is 0.520. The molecule has 3 aliphatic carbocycles. The topological polar surface area (TPSA) is 42.4 Å². The Morgan fingerprint density at radius 3 is 1.88 bits per heavy atom. The lowest BCUT2D eigenvalue weighted by Crippen LogP contribution is -2.61. The van der Waals surface area contributed by atoms with Gasteiger partial charge in [0, 0.05) is 30.3 Å². The van der Waals surface area contributed by atoms with Crippen LogP contribution in [0, 0.1) is 5.92 Å². The van der Waals surface area contributed by atoms with Crippen LogP contribution in [-0.2, 0) is 4.74 Å². The number of esters is 1. The third kappa shape index (κ3) is 3.73. The van der Waals surface area contributed by atoms with Gasteiger partial charge in [0.1, 0.15) is 6.10 Å². The van der Waals surface area contributed by atoms with Crippen molar-refractivity contribution in [2.45, 2.75) is 42.7 Å². The Balaban J connectivity index is 1.57. The second kappa shape index (κ2) is 8.51. The van der Waals surface area contributed by atoms with Crippen LogP contribution < -0.4 is 0 Å².